The number of hydrogen-bond acceptors (Lipinski definition) is 1. The van der Waals surface area contributed by atoms with Gasteiger partial charge in [-0.05, 0) is 17.7 Å². The first kappa shape index (κ1) is 6.98. The van der Waals surface area contributed by atoms with Crippen molar-refractivity contribution >= 4 is 22.1 Å². The molecular weight excluding hydrogens is 209 g/mol. The van der Waals surface area contributed by atoms with Crippen LogP contribution in [0.4, 0.5) is 4.39 Å². The number of aliphatic imine (C=N–C) groups is 1. The van der Waals surface area contributed by atoms with Crippen LogP contribution in [-0.2, 0) is 6.54 Å². The average molecular weight is 214 g/mol. The van der Waals surface area contributed by atoms with Crippen molar-refractivity contribution in [3.05, 3.63) is 33.5 Å². The quantitative estimate of drug-likeness (QED) is 0.629. The first-order valence-corrected chi connectivity index (χ1v) is 4.04. The topological polar surface area (TPSA) is 12.4 Å². The third kappa shape index (κ3) is 1.09. The van der Waals surface area contributed by atoms with Crippen molar-refractivity contribution in [1.29, 1.82) is 0 Å². The van der Waals surface area contributed by atoms with E-state index in [1.54, 1.807) is 6.21 Å². The molecule has 3 heteroatoms. The molecule has 1 heterocycles. The predicted octanol–water partition coefficient (Wildman–Crippen LogP) is 2.52. The summed E-state index contributed by atoms with van der Waals surface area (Å²) in [6.07, 6.45) is 1.58. The second-order valence-corrected chi connectivity index (χ2v) is 3.35. The summed E-state index contributed by atoms with van der Waals surface area (Å²) in [5.41, 5.74) is 1.59. The Morgan fingerprint density at radius 3 is 3.09 bits per heavy atom. The lowest BCUT2D eigenvalue weighted by Crippen LogP contribution is -1.89. The highest BCUT2D eigenvalue weighted by Crippen LogP contribution is 2.22. The van der Waals surface area contributed by atoms with Crippen molar-refractivity contribution in [2.24, 2.45) is 4.99 Å². The summed E-state index contributed by atoms with van der Waals surface area (Å²) in [5, 5.41) is 0. The molecule has 0 N–H and O–H groups in total. The molecule has 0 saturated heterocycles. The molecule has 0 radical (unpaired) electrons. The van der Waals surface area contributed by atoms with Crippen LogP contribution in [0.5, 0.6) is 0 Å². The number of hydrogen-bond donors (Lipinski definition) is 0. The highest BCUT2D eigenvalue weighted by atomic mass is 79.9. The van der Waals surface area contributed by atoms with Crippen molar-refractivity contribution in [3.63, 3.8) is 0 Å². The molecule has 0 aromatic heterocycles. The monoisotopic (exact) mass is 213 g/mol. The fourth-order valence-electron chi connectivity index (χ4n) is 1.15. The average Bonchev–Trinajstić information content (AvgIpc) is 2.34. The summed E-state index contributed by atoms with van der Waals surface area (Å²) in [6.45, 7) is 0.603. The van der Waals surface area contributed by atoms with Gasteiger partial charge in [-0.25, -0.2) is 4.39 Å². The standard InChI is InChI=1S/C8H5BrFN/c9-6-1-5-3-11-4-7(5)8(10)2-6/h1-2,4H,3H2. The van der Waals surface area contributed by atoms with E-state index in [1.807, 2.05) is 6.07 Å². The van der Waals surface area contributed by atoms with Gasteiger partial charge in [0.05, 0.1) is 6.54 Å². The van der Waals surface area contributed by atoms with E-state index < -0.39 is 0 Å². The minimum absolute atomic E-state index is 0.198. The molecule has 0 amide bonds. The SMILES string of the molecule is Fc1cc(Br)cc2c1C=NC2. The van der Waals surface area contributed by atoms with Gasteiger partial charge in [-0.2, -0.15) is 0 Å². The van der Waals surface area contributed by atoms with E-state index in [-0.39, 0.29) is 5.82 Å². The molecular formula is C8H5BrFN. The fourth-order valence-corrected chi connectivity index (χ4v) is 1.63. The van der Waals surface area contributed by atoms with Gasteiger partial charge in [0.1, 0.15) is 5.82 Å². The number of rotatable bonds is 0. The van der Waals surface area contributed by atoms with Crippen LogP contribution in [0.3, 0.4) is 0 Å². The van der Waals surface area contributed by atoms with Crippen molar-refractivity contribution in [2.45, 2.75) is 6.54 Å². The molecule has 2 rings (SSSR count). The van der Waals surface area contributed by atoms with E-state index in [0.717, 1.165) is 10.0 Å². The summed E-state index contributed by atoms with van der Waals surface area (Å²) in [6, 6.07) is 3.35. The molecule has 0 aliphatic carbocycles. The van der Waals surface area contributed by atoms with E-state index in [0.29, 0.717) is 12.1 Å². The minimum Gasteiger partial charge on any atom is -0.288 e. The van der Waals surface area contributed by atoms with E-state index in [4.69, 9.17) is 0 Å². The van der Waals surface area contributed by atoms with Crippen LogP contribution in [-0.4, -0.2) is 6.21 Å². The van der Waals surface area contributed by atoms with Gasteiger partial charge in [-0.15, -0.1) is 0 Å². The lowest BCUT2D eigenvalue weighted by atomic mass is 10.1. The Bertz CT molecular complexity index is 333. The van der Waals surface area contributed by atoms with E-state index in [1.165, 1.54) is 6.07 Å². The largest absolute Gasteiger partial charge is 0.288 e. The first-order valence-electron chi connectivity index (χ1n) is 3.25. The molecule has 1 aromatic carbocycles. The number of fused-ring (bicyclic) bond motifs is 1. The molecule has 11 heavy (non-hydrogen) atoms. The highest BCUT2D eigenvalue weighted by Gasteiger charge is 2.11. The molecule has 1 aliphatic heterocycles. The Morgan fingerprint density at radius 2 is 2.27 bits per heavy atom. The smallest absolute Gasteiger partial charge is 0.133 e. The van der Waals surface area contributed by atoms with Crippen molar-refractivity contribution < 1.29 is 4.39 Å². The molecule has 0 spiro atoms. The van der Waals surface area contributed by atoms with Crippen LogP contribution in [0.1, 0.15) is 11.1 Å². The van der Waals surface area contributed by atoms with Crippen LogP contribution >= 0.6 is 15.9 Å². The second-order valence-electron chi connectivity index (χ2n) is 2.43. The van der Waals surface area contributed by atoms with Crippen LogP contribution in [0, 0.1) is 5.82 Å². The van der Waals surface area contributed by atoms with Gasteiger partial charge in [0, 0.05) is 16.3 Å². The molecule has 0 fully saturated rings. The van der Waals surface area contributed by atoms with Crippen molar-refractivity contribution in [2.75, 3.05) is 0 Å². The summed E-state index contributed by atoms with van der Waals surface area (Å²) < 4.78 is 13.8. The number of halogens is 2. The minimum atomic E-state index is -0.198. The zero-order valence-corrected chi connectivity index (χ0v) is 7.23. The Hall–Kier alpha value is -0.700. The normalized spacial score (nSPS) is 13.6. The summed E-state index contributed by atoms with van der Waals surface area (Å²) in [7, 11) is 0. The lowest BCUT2D eigenvalue weighted by Gasteiger charge is -1.98. The lowest BCUT2D eigenvalue weighted by molar-refractivity contribution is 0.624. The van der Waals surface area contributed by atoms with Crippen molar-refractivity contribution in [3.8, 4) is 0 Å². The molecule has 56 valence electrons. The van der Waals surface area contributed by atoms with E-state index in [2.05, 4.69) is 20.9 Å². The van der Waals surface area contributed by atoms with Crippen LogP contribution in [0.15, 0.2) is 21.6 Å². The maximum atomic E-state index is 13.0. The summed E-state index contributed by atoms with van der Waals surface area (Å²) >= 11 is 3.22. The van der Waals surface area contributed by atoms with Gasteiger partial charge in [0.25, 0.3) is 0 Å². The molecule has 1 aliphatic rings. The second kappa shape index (κ2) is 2.41. The zero-order chi connectivity index (χ0) is 7.84. The van der Waals surface area contributed by atoms with Crippen LogP contribution < -0.4 is 0 Å². The maximum absolute atomic E-state index is 13.0. The van der Waals surface area contributed by atoms with Gasteiger partial charge in [0.15, 0.2) is 0 Å². The summed E-state index contributed by atoms with van der Waals surface area (Å²) in [4.78, 5) is 3.97. The third-order valence-electron chi connectivity index (χ3n) is 1.66. The molecule has 1 nitrogen and oxygen atoms in total. The van der Waals surface area contributed by atoms with Crippen LogP contribution in [0.25, 0.3) is 0 Å². The fraction of sp³-hybridized carbons (Fsp3) is 0.125. The van der Waals surface area contributed by atoms with E-state index >= 15 is 0 Å². The first-order chi connectivity index (χ1) is 5.27. The Morgan fingerprint density at radius 1 is 1.45 bits per heavy atom. The Balaban J connectivity index is 2.67. The maximum Gasteiger partial charge on any atom is 0.133 e. The van der Waals surface area contributed by atoms with E-state index in [9.17, 15) is 4.39 Å². The summed E-state index contributed by atoms with van der Waals surface area (Å²) in [5.74, 6) is -0.198. The third-order valence-corrected chi connectivity index (χ3v) is 2.12. The highest BCUT2D eigenvalue weighted by molar-refractivity contribution is 9.10. The Kier molecular flexibility index (Phi) is 1.53. The zero-order valence-electron chi connectivity index (χ0n) is 5.64. The Labute approximate surface area is 72.1 Å². The predicted molar refractivity (Wildman–Crippen MR) is 45.4 cm³/mol. The molecule has 0 atom stereocenters. The molecule has 0 bridgehead atoms. The molecule has 0 saturated carbocycles. The van der Waals surface area contributed by atoms with Gasteiger partial charge in [0.2, 0.25) is 0 Å². The van der Waals surface area contributed by atoms with Crippen molar-refractivity contribution in [1.82, 2.24) is 0 Å². The van der Waals surface area contributed by atoms with Gasteiger partial charge >= 0.3 is 0 Å². The number of nitrogens with zero attached hydrogens (tertiary/aromatic N) is 1. The molecule has 0 unspecified atom stereocenters. The van der Waals surface area contributed by atoms with Crippen LogP contribution in [0.2, 0.25) is 0 Å². The van der Waals surface area contributed by atoms with Gasteiger partial charge < -0.3 is 0 Å². The van der Waals surface area contributed by atoms with Gasteiger partial charge in [-0.3, -0.25) is 4.99 Å². The number of benzene rings is 1. The molecule has 1 aromatic rings. The van der Waals surface area contributed by atoms with Gasteiger partial charge in [-0.1, -0.05) is 15.9 Å².